The van der Waals surface area contributed by atoms with Crippen molar-refractivity contribution < 1.29 is 39.2 Å². The molecule has 0 bridgehead atoms. The number of ether oxygens (including phenoxy) is 2. The number of piperidine rings is 1. The standard InChI is InChI=1S/C54H61N7O10/c1-6-35-39-23-34(62)13-14-37(39)36(7-2)48-41(35)27-60-44(48)25-43-42(50(60)66)29-70-52(68)54(43,8-3)71-51(67)31-15-17-59(18-16-31)47(65)28-57-19-21-58(22-20-57)32-9-11-33(12-10-32)61-49(55-56-53(61)69)40-24-38(30(4)5)45(63)26-46(40)64/h9-14,23-26,30-31,36,48,62-64H,6-8,15-22,27-29H2,1-5H3,(H,56,69). The Morgan fingerprint density at radius 1 is 0.873 bits per heavy atom. The number of carbonyl (C=O) groups is 3. The van der Waals surface area contributed by atoms with Crippen molar-refractivity contribution in [2.45, 2.75) is 103 Å². The maximum Gasteiger partial charge on any atom is 0.355 e. The Balaban J connectivity index is 0.767. The Morgan fingerprint density at radius 3 is 2.27 bits per heavy atom. The average molecular weight is 968 g/mol. The van der Waals surface area contributed by atoms with Crippen LogP contribution in [0.15, 0.2) is 75.8 Å². The third-order valence-corrected chi connectivity index (χ3v) is 15.8. The van der Waals surface area contributed by atoms with Crippen molar-refractivity contribution in [2.24, 2.45) is 5.92 Å². The number of benzene rings is 3. The van der Waals surface area contributed by atoms with Gasteiger partial charge in [0.25, 0.3) is 5.56 Å². The number of cyclic esters (lactones) is 1. The van der Waals surface area contributed by atoms with Gasteiger partial charge in [0, 0.05) is 74.7 Å². The maximum absolute atomic E-state index is 14.4. The lowest BCUT2D eigenvalue weighted by atomic mass is 9.69. The minimum Gasteiger partial charge on any atom is -0.508 e. The highest BCUT2D eigenvalue weighted by atomic mass is 16.6. The molecule has 6 heterocycles. The first-order valence-electron chi connectivity index (χ1n) is 25.0. The van der Waals surface area contributed by atoms with E-state index in [1.165, 1.54) is 10.6 Å². The van der Waals surface area contributed by atoms with Crippen LogP contribution in [-0.4, -0.2) is 108 Å². The zero-order valence-corrected chi connectivity index (χ0v) is 40.9. The first-order valence-corrected chi connectivity index (χ1v) is 25.0. The number of aromatic nitrogens is 4. The number of nitrogens with zero attached hydrogens (tertiary/aromatic N) is 6. The Kier molecular flexibility index (Phi) is 12.4. The highest BCUT2D eigenvalue weighted by Crippen LogP contribution is 2.54. The van der Waals surface area contributed by atoms with E-state index in [0.29, 0.717) is 86.6 Å². The lowest BCUT2D eigenvalue weighted by Gasteiger charge is -2.39. The molecule has 3 unspecified atom stereocenters. The summed E-state index contributed by atoms with van der Waals surface area (Å²) in [5.41, 5.74) is 5.79. The number of nitrogens with one attached hydrogen (secondary N) is 1. The van der Waals surface area contributed by atoms with Crippen LogP contribution in [0.2, 0.25) is 0 Å². The van der Waals surface area contributed by atoms with Crippen molar-refractivity contribution in [1.82, 2.24) is 29.1 Å². The van der Waals surface area contributed by atoms with Crippen LogP contribution >= 0.6 is 0 Å². The van der Waals surface area contributed by atoms with Gasteiger partial charge in [0.15, 0.2) is 5.82 Å². The number of fused-ring (bicyclic) bond motifs is 5. The molecule has 5 aromatic rings. The predicted molar refractivity (Wildman–Crippen MR) is 265 cm³/mol. The quantitative estimate of drug-likeness (QED) is 0.106. The highest BCUT2D eigenvalue weighted by molar-refractivity contribution is 5.88. The van der Waals surface area contributed by atoms with E-state index < -0.39 is 29.1 Å². The number of piperazine rings is 1. The number of likely N-dealkylation sites (tertiary alicyclic amines) is 1. The number of rotatable bonds is 11. The van der Waals surface area contributed by atoms with E-state index >= 15 is 0 Å². The van der Waals surface area contributed by atoms with E-state index in [2.05, 4.69) is 33.8 Å². The molecular formula is C54H61N7O10. The van der Waals surface area contributed by atoms with E-state index in [9.17, 15) is 39.3 Å². The van der Waals surface area contributed by atoms with E-state index in [1.54, 1.807) is 28.5 Å². The summed E-state index contributed by atoms with van der Waals surface area (Å²) in [5.74, 6) is -1.74. The van der Waals surface area contributed by atoms with Crippen LogP contribution in [0.4, 0.5) is 5.69 Å². The summed E-state index contributed by atoms with van der Waals surface area (Å²) < 4.78 is 15.1. The number of hydrogen-bond acceptors (Lipinski definition) is 13. The van der Waals surface area contributed by atoms with E-state index in [1.807, 2.05) is 56.3 Å². The first kappa shape index (κ1) is 47.5. The summed E-state index contributed by atoms with van der Waals surface area (Å²) in [4.78, 5) is 75.2. The van der Waals surface area contributed by atoms with Gasteiger partial charge in [0.1, 0.15) is 23.9 Å². The van der Waals surface area contributed by atoms with Crippen molar-refractivity contribution in [3.63, 3.8) is 0 Å². The average Bonchev–Trinajstić information content (AvgIpc) is 3.94. The summed E-state index contributed by atoms with van der Waals surface area (Å²) in [6.07, 6.45) is 2.33. The molecule has 17 heteroatoms. The predicted octanol–water partition coefficient (Wildman–Crippen LogP) is 6.36. The van der Waals surface area contributed by atoms with E-state index in [-0.39, 0.29) is 71.9 Å². The van der Waals surface area contributed by atoms with Gasteiger partial charge in [-0.15, -0.1) is 0 Å². The summed E-state index contributed by atoms with van der Waals surface area (Å²) in [5, 5.41) is 38.2. The van der Waals surface area contributed by atoms with Gasteiger partial charge >= 0.3 is 17.6 Å². The molecule has 1 aliphatic carbocycles. The van der Waals surface area contributed by atoms with Crippen molar-refractivity contribution >= 4 is 29.1 Å². The molecule has 0 spiro atoms. The summed E-state index contributed by atoms with van der Waals surface area (Å²) in [6, 6.07) is 17.8. The fourth-order valence-corrected chi connectivity index (χ4v) is 11.9. The molecule has 10 rings (SSSR count). The van der Waals surface area contributed by atoms with Gasteiger partial charge in [-0.25, -0.2) is 19.3 Å². The van der Waals surface area contributed by atoms with Gasteiger partial charge in [-0.1, -0.05) is 40.7 Å². The number of esters is 2. The molecule has 5 aliphatic rings. The SMILES string of the molecule is CCC1=C2Cn3c(cc4c(c3=O)COC(=O)C4(CC)OC(=O)C3CCN(C(=O)CN4CCN(c5ccc(-n6c(-c7cc(C(C)C)c(O)cc7O)n[nH]c6=O)cc5)CC4)CC3)C2C(CC)c2ccc(O)cc21. The molecule has 3 atom stereocenters. The van der Waals surface area contributed by atoms with Crippen LogP contribution < -0.4 is 16.1 Å². The number of H-pyrrole nitrogens is 1. The fraction of sp³-hybridized carbons (Fsp3) is 0.444. The van der Waals surface area contributed by atoms with Gasteiger partial charge in [-0.2, -0.15) is 5.10 Å². The van der Waals surface area contributed by atoms with Crippen molar-refractivity contribution in [3.8, 4) is 34.3 Å². The summed E-state index contributed by atoms with van der Waals surface area (Å²) >= 11 is 0. The number of carbonyl (C=O) groups excluding carboxylic acids is 3. The van der Waals surface area contributed by atoms with Crippen molar-refractivity contribution in [3.05, 3.63) is 121 Å². The van der Waals surface area contributed by atoms with Crippen LogP contribution in [0.3, 0.4) is 0 Å². The lowest BCUT2D eigenvalue weighted by molar-refractivity contribution is -0.192. The summed E-state index contributed by atoms with van der Waals surface area (Å²) in [7, 11) is 0. The van der Waals surface area contributed by atoms with Crippen LogP contribution in [-0.2, 0) is 42.6 Å². The molecule has 2 saturated heterocycles. The Hall–Kier alpha value is -7.14. The monoisotopic (exact) mass is 967 g/mol. The molecule has 71 heavy (non-hydrogen) atoms. The van der Waals surface area contributed by atoms with E-state index in [4.69, 9.17) is 9.47 Å². The second-order valence-electron chi connectivity index (χ2n) is 19.9. The lowest BCUT2D eigenvalue weighted by Crippen LogP contribution is -2.52. The van der Waals surface area contributed by atoms with Gasteiger partial charge in [0.05, 0.1) is 29.3 Å². The van der Waals surface area contributed by atoms with Crippen molar-refractivity contribution in [2.75, 3.05) is 50.7 Å². The van der Waals surface area contributed by atoms with Crippen LogP contribution in [0.25, 0.3) is 22.6 Å². The molecule has 4 N–H and O–H groups in total. The number of aromatic hydroxyl groups is 3. The minimum absolute atomic E-state index is 0.0209. The number of amides is 1. The molecule has 0 saturated carbocycles. The summed E-state index contributed by atoms with van der Waals surface area (Å²) in [6.45, 7) is 13.6. The third kappa shape index (κ3) is 8.07. The maximum atomic E-state index is 14.4. The third-order valence-electron chi connectivity index (χ3n) is 15.8. The zero-order valence-electron chi connectivity index (χ0n) is 40.9. The van der Waals surface area contributed by atoms with E-state index in [0.717, 1.165) is 46.5 Å². The fourth-order valence-electron chi connectivity index (χ4n) is 11.9. The van der Waals surface area contributed by atoms with Crippen LogP contribution in [0.5, 0.6) is 17.2 Å². The Bertz CT molecular complexity index is 3100. The molecule has 2 aromatic heterocycles. The number of aromatic amines is 1. The van der Waals surface area contributed by atoms with Gasteiger partial charge in [-0.05, 0) is 120 Å². The Morgan fingerprint density at radius 2 is 1.59 bits per heavy atom. The van der Waals surface area contributed by atoms with Gasteiger partial charge in [-0.3, -0.25) is 19.3 Å². The van der Waals surface area contributed by atoms with Crippen LogP contribution in [0.1, 0.15) is 118 Å². The van der Waals surface area contributed by atoms with Crippen molar-refractivity contribution in [1.29, 1.82) is 0 Å². The van der Waals surface area contributed by atoms with Gasteiger partial charge < -0.3 is 39.2 Å². The number of anilines is 1. The molecule has 17 nitrogen and oxygen atoms in total. The molecule has 0 radical (unpaired) electrons. The molecule has 4 aliphatic heterocycles. The molecule has 372 valence electrons. The topological polar surface area (TPSA) is 213 Å². The zero-order chi connectivity index (χ0) is 50.0. The normalized spacial score (nSPS) is 21.2. The number of allylic oxidation sites excluding steroid dienone is 2. The smallest absolute Gasteiger partial charge is 0.355 e. The second kappa shape index (κ2) is 18.6. The molecule has 3 aromatic carbocycles. The minimum atomic E-state index is -1.79. The molecular weight excluding hydrogens is 907 g/mol. The Labute approximate surface area is 410 Å². The number of phenols is 3. The largest absolute Gasteiger partial charge is 0.508 e. The number of phenolic OH excluding ortho intramolecular Hbond substituents is 3. The molecule has 2 fully saturated rings. The molecule has 1 amide bonds. The highest BCUT2D eigenvalue weighted by Gasteiger charge is 2.52. The van der Waals surface area contributed by atoms with Gasteiger partial charge in [0.2, 0.25) is 11.5 Å². The second-order valence-corrected chi connectivity index (χ2v) is 19.9. The van der Waals surface area contributed by atoms with Crippen LogP contribution in [0, 0.1) is 5.92 Å². The first-order chi connectivity index (χ1) is 34.2. The number of pyridine rings is 1. The number of hydrogen-bond donors (Lipinski definition) is 4.